The predicted octanol–water partition coefficient (Wildman–Crippen LogP) is -0.753. The van der Waals surface area contributed by atoms with E-state index in [1.165, 1.54) is 11.8 Å². The molecule has 1 atom stereocenters. The van der Waals surface area contributed by atoms with Gasteiger partial charge in [-0.1, -0.05) is 0 Å². The number of sulfonamides is 1. The summed E-state index contributed by atoms with van der Waals surface area (Å²) >= 11 is 0. The molecule has 1 aliphatic rings. The van der Waals surface area contributed by atoms with Crippen LogP contribution in [0.5, 0.6) is 0 Å². The van der Waals surface area contributed by atoms with Crippen molar-refractivity contribution < 1.29 is 23.1 Å². The van der Waals surface area contributed by atoms with Gasteiger partial charge in [-0.3, -0.25) is 9.59 Å². The molecule has 0 saturated carbocycles. The molecule has 2 N–H and O–H groups in total. The number of carbonyl (C=O) groups is 2. The monoisotopic (exact) mass is 278 g/mol. The topological polar surface area (TPSA) is 104 Å². The number of aliphatic carboxylic acids is 1. The van der Waals surface area contributed by atoms with Gasteiger partial charge in [-0.2, -0.15) is 0 Å². The summed E-state index contributed by atoms with van der Waals surface area (Å²) in [6, 6.07) is -0.177. The maximum Gasteiger partial charge on any atom is 0.315 e. The smallest absolute Gasteiger partial charge is 0.315 e. The molecule has 0 aromatic heterocycles. The number of hydrogen-bond acceptors (Lipinski definition) is 4. The highest BCUT2D eigenvalue weighted by Gasteiger charge is 2.30. The molecular formula is C10H18N2O5S. The number of likely N-dealkylation sites (tertiary alicyclic amines) is 1. The van der Waals surface area contributed by atoms with E-state index in [2.05, 4.69) is 4.72 Å². The van der Waals surface area contributed by atoms with Crippen molar-refractivity contribution in [2.24, 2.45) is 5.92 Å². The Balaban J connectivity index is 2.49. The quantitative estimate of drug-likeness (QED) is 0.658. The summed E-state index contributed by atoms with van der Waals surface area (Å²) in [6.07, 6.45) is 2.10. The summed E-state index contributed by atoms with van der Waals surface area (Å²) in [5, 5.41) is 8.75. The first-order valence-electron chi connectivity index (χ1n) is 5.69. The lowest BCUT2D eigenvalue weighted by Crippen LogP contribution is -2.48. The molecule has 1 fully saturated rings. The van der Waals surface area contributed by atoms with E-state index in [1.54, 1.807) is 0 Å². The van der Waals surface area contributed by atoms with Crippen molar-refractivity contribution in [3.8, 4) is 0 Å². The Kier molecular flexibility index (Phi) is 4.69. The van der Waals surface area contributed by atoms with Crippen LogP contribution in [0.1, 0.15) is 19.8 Å². The Morgan fingerprint density at radius 3 is 2.22 bits per heavy atom. The summed E-state index contributed by atoms with van der Waals surface area (Å²) < 4.78 is 24.6. The van der Waals surface area contributed by atoms with E-state index < -0.39 is 27.8 Å². The zero-order chi connectivity index (χ0) is 13.9. The van der Waals surface area contributed by atoms with Crippen LogP contribution >= 0.6 is 0 Å². The molecule has 18 heavy (non-hydrogen) atoms. The molecule has 1 heterocycles. The fraction of sp³-hybridized carbons (Fsp3) is 0.800. The van der Waals surface area contributed by atoms with E-state index in [1.807, 2.05) is 0 Å². The first kappa shape index (κ1) is 14.9. The third kappa shape index (κ3) is 4.26. The third-order valence-corrected chi connectivity index (χ3v) is 3.69. The number of nitrogens with one attached hydrogen (secondary N) is 1. The standard InChI is InChI=1S/C10H18N2O5S/c1-7(10(14)15)9(13)12-5-3-8(4-6-12)11-18(2,16)17/h7-8,11H,3-6H2,1-2H3,(H,14,15). The minimum absolute atomic E-state index is 0.177. The number of nitrogens with zero attached hydrogens (tertiary/aromatic N) is 1. The molecule has 1 rings (SSSR count). The SMILES string of the molecule is CC(C(=O)O)C(=O)N1CCC(NS(C)(=O)=O)CC1. The second kappa shape index (κ2) is 5.66. The van der Waals surface area contributed by atoms with Gasteiger partial charge >= 0.3 is 5.97 Å². The van der Waals surface area contributed by atoms with E-state index in [9.17, 15) is 18.0 Å². The highest BCUT2D eigenvalue weighted by atomic mass is 32.2. The largest absolute Gasteiger partial charge is 0.481 e. The number of amides is 1. The van der Waals surface area contributed by atoms with Crippen LogP contribution < -0.4 is 4.72 Å². The lowest BCUT2D eigenvalue weighted by Gasteiger charge is -2.32. The van der Waals surface area contributed by atoms with Crippen LogP contribution in [-0.2, 0) is 19.6 Å². The molecule has 1 aliphatic heterocycles. The lowest BCUT2D eigenvalue weighted by atomic mass is 10.0. The van der Waals surface area contributed by atoms with Gasteiger partial charge in [-0.05, 0) is 19.8 Å². The number of carboxylic acid groups (broad SMARTS) is 1. The molecule has 8 heteroatoms. The van der Waals surface area contributed by atoms with Crippen molar-refractivity contribution in [3.05, 3.63) is 0 Å². The third-order valence-electron chi connectivity index (χ3n) is 2.93. The second-order valence-corrected chi connectivity index (χ2v) is 6.33. The molecule has 1 saturated heterocycles. The Hall–Kier alpha value is -1.15. The van der Waals surface area contributed by atoms with Gasteiger partial charge in [-0.25, -0.2) is 13.1 Å². The van der Waals surface area contributed by atoms with Gasteiger partial charge in [0.25, 0.3) is 0 Å². The molecule has 0 spiro atoms. The van der Waals surface area contributed by atoms with E-state index in [0.29, 0.717) is 25.9 Å². The van der Waals surface area contributed by atoms with Gasteiger partial charge in [0.1, 0.15) is 5.92 Å². The zero-order valence-corrected chi connectivity index (χ0v) is 11.2. The van der Waals surface area contributed by atoms with E-state index in [4.69, 9.17) is 5.11 Å². The fourth-order valence-electron chi connectivity index (χ4n) is 1.90. The highest BCUT2D eigenvalue weighted by Crippen LogP contribution is 2.14. The van der Waals surface area contributed by atoms with Crippen molar-refractivity contribution in [2.45, 2.75) is 25.8 Å². The van der Waals surface area contributed by atoms with Crippen LogP contribution in [0.2, 0.25) is 0 Å². The zero-order valence-electron chi connectivity index (χ0n) is 10.4. The second-order valence-electron chi connectivity index (χ2n) is 4.55. The molecule has 0 aromatic carbocycles. The maximum atomic E-state index is 11.7. The Bertz CT molecular complexity index is 426. The highest BCUT2D eigenvalue weighted by molar-refractivity contribution is 7.88. The molecule has 104 valence electrons. The number of piperidine rings is 1. The van der Waals surface area contributed by atoms with Gasteiger partial charge in [-0.15, -0.1) is 0 Å². The summed E-state index contributed by atoms with van der Waals surface area (Å²) in [5.41, 5.74) is 0. The maximum absolute atomic E-state index is 11.7. The molecule has 0 aromatic rings. The average Bonchev–Trinajstić information content (AvgIpc) is 2.26. The molecule has 0 radical (unpaired) electrons. The number of rotatable bonds is 4. The molecule has 0 bridgehead atoms. The first-order chi connectivity index (χ1) is 8.20. The van der Waals surface area contributed by atoms with Crippen LogP contribution in [-0.4, -0.2) is 55.7 Å². The molecule has 1 amide bonds. The number of hydrogen-bond donors (Lipinski definition) is 2. The Morgan fingerprint density at radius 2 is 1.83 bits per heavy atom. The summed E-state index contributed by atoms with van der Waals surface area (Å²) in [7, 11) is -3.24. The van der Waals surface area contributed by atoms with Gasteiger partial charge < -0.3 is 10.0 Å². The molecule has 0 aliphatic carbocycles. The van der Waals surface area contributed by atoms with Gasteiger partial charge in [0.05, 0.1) is 6.26 Å². The van der Waals surface area contributed by atoms with Gasteiger partial charge in [0.15, 0.2) is 0 Å². The molecule has 1 unspecified atom stereocenters. The van der Waals surface area contributed by atoms with Gasteiger partial charge in [0.2, 0.25) is 15.9 Å². The summed E-state index contributed by atoms with van der Waals surface area (Å²) in [4.78, 5) is 23.9. The average molecular weight is 278 g/mol. The van der Waals surface area contributed by atoms with Crippen LogP contribution in [0.15, 0.2) is 0 Å². The van der Waals surface area contributed by atoms with Crippen molar-refractivity contribution in [2.75, 3.05) is 19.3 Å². The van der Waals surface area contributed by atoms with E-state index in [0.717, 1.165) is 6.26 Å². The van der Waals surface area contributed by atoms with E-state index in [-0.39, 0.29) is 6.04 Å². The first-order valence-corrected chi connectivity index (χ1v) is 7.58. The van der Waals surface area contributed by atoms with Gasteiger partial charge in [0, 0.05) is 19.1 Å². The fourth-order valence-corrected chi connectivity index (χ4v) is 2.74. The van der Waals surface area contributed by atoms with Crippen molar-refractivity contribution >= 4 is 21.9 Å². The Labute approximate surface area is 106 Å². The van der Waals surface area contributed by atoms with Crippen molar-refractivity contribution in [3.63, 3.8) is 0 Å². The predicted molar refractivity (Wildman–Crippen MR) is 64.4 cm³/mol. The van der Waals surface area contributed by atoms with Crippen LogP contribution in [0, 0.1) is 5.92 Å². The van der Waals surface area contributed by atoms with Crippen LogP contribution in [0.4, 0.5) is 0 Å². The number of carboxylic acids is 1. The molecular weight excluding hydrogens is 260 g/mol. The summed E-state index contributed by atoms with van der Waals surface area (Å²) in [5.74, 6) is -2.61. The van der Waals surface area contributed by atoms with Crippen LogP contribution in [0.3, 0.4) is 0 Å². The number of carbonyl (C=O) groups excluding carboxylic acids is 1. The van der Waals surface area contributed by atoms with Crippen molar-refractivity contribution in [1.29, 1.82) is 0 Å². The minimum Gasteiger partial charge on any atom is -0.481 e. The summed E-state index contributed by atoms with van der Waals surface area (Å²) in [6.45, 7) is 2.11. The lowest BCUT2D eigenvalue weighted by molar-refractivity contribution is -0.150. The minimum atomic E-state index is -3.24. The normalized spacial score (nSPS) is 19.6. The Morgan fingerprint density at radius 1 is 1.33 bits per heavy atom. The van der Waals surface area contributed by atoms with Crippen LogP contribution in [0.25, 0.3) is 0 Å². The molecule has 7 nitrogen and oxygen atoms in total. The van der Waals surface area contributed by atoms with E-state index >= 15 is 0 Å². The van der Waals surface area contributed by atoms with Crippen molar-refractivity contribution in [1.82, 2.24) is 9.62 Å².